The average molecular weight is 307 g/mol. The van der Waals surface area contributed by atoms with Gasteiger partial charge in [-0.25, -0.2) is 0 Å². The Morgan fingerprint density at radius 3 is 2.82 bits per heavy atom. The van der Waals surface area contributed by atoms with Crippen molar-refractivity contribution in [2.75, 3.05) is 25.6 Å². The molecule has 1 amide bonds. The first kappa shape index (κ1) is 16.6. The summed E-state index contributed by atoms with van der Waals surface area (Å²) in [6.45, 7) is 5.87. The van der Waals surface area contributed by atoms with Crippen LogP contribution in [0.25, 0.3) is 0 Å². The second-order valence-electron chi connectivity index (χ2n) is 6.19. The molecular formula is C17H27N2O3+. The minimum absolute atomic E-state index is 0.0246. The number of ether oxygens (including phenoxy) is 2. The van der Waals surface area contributed by atoms with Crippen molar-refractivity contribution in [3.8, 4) is 11.5 Å². The molecule has 1 saturated heterocycles. The van der Waals surface area contributed by atoms with E-state index in [2.05, 4.69) is 24.5 Å². The van der Waals surface area contributed by atoms with Crippen LogP contribution in [-0.4, -0.2) is 32.2 Å². The lowest BCUT2D eigenvalue weighted by Gasteiger charge is -2.20. The number of benzene rings is 1. The van der Waals surface area contributed by atoms with Crippen molar-refractivity contribution in [2.24, 2.45) is 5.92 Å². The number of hydrogen-bond acceptors (Lipinski definition) is 3. The Labute approximate surface area is 132 Å². The Kier molecular flexibility index (Phi) is 6.07. The number of quaternary nitrogens is 1. The van der Waals surface area contributed by atoms with E-state index in [4.69, 9.17) is 9.47 Å². The van der Waals surface area contributed by atoms with Gasteiger partial charge in [-0.1, -0.05) is 13.8 Å². The van der Waals surface area contributed by atoms with Crippen LogP contribution in [-0.2, 0) is 4.79 Å². The van der Waals surface area contributed by atoms with Crippen molar-refractivity contribution in [3.63, 3.8) is 0 Å². The zero-order valence-corrected chi connectivity index (χ0v) is 13.7. The van der Waals surface area contributed by atoms with Crippen molar-refractivity contribution in [3.05, 3.63) is 18.2 Å². The van der Waals surface area contributed by atoms with Gasteiger partial charge >= 0.3 is 0 Å². The van der Waals surface area contributed by atoms with Gasteiger partial charge in [-0.2, -0.15) is 0 Å². The van der Waals surface area contributed by atoms with Crippen molar-refractivity contribution in [1.82, 2.24) is 0 Å². The van der Waals surface area contributed by atoms with Gasteiger partial charge in [0.2, 0.25) is 0 Å². The third kappa shape index (κ3) is 4.63. The van der Waals surface area contributed by atoms with Crippen LogP contribution in [0.15, 0.2) is 18.2 Å². The maximum Gasteiger partial charge on any atom is 0.282 e. The Hall–Kier alpha value is -1.75. The molecule has 0 saturated carbocycles. The highest BCUT2D eigenvalue weighted by Gasteiger charge is 2.24. The molecule has 1 aromatic rings. The zero-order chi connectivity index (χ0) is 15.9. The summed E-state index contributed by atoms with van der Waals surface area (Å²) < 4.78 is 11.1. The number of carbonyl (C=O) groups is 1. The van der Waals surface area contributed by atoms with Gasteiger partial charge in [0.05, 0.1) is 20.3 Å². The number of nitrogens with two attached hydrogens (primary N) is 1. The fourth-order valence-electron chi connectivity index (χ4n) is 2.54. The molecule has 1 atom stereocenters. The molecule has 5 nitrogen and oxygen atoms in total. The number of piperidine rings is 1. The number of hydrogen-bond donors (Lipinski definition) is 2. The third-order valence-corrected chi connectivity index (χ3v) is 3.76. The van der Waals surface area contributed by atoms with Gasteiger partial charge in [0, 0.05) is 18.2 Å². The number of carbonyl (C=O) groups excluding carboxylic acids is 1. The Bertz CT molecular complexity index is 497. The number of nitrogens with one attached hydrogen (secondary N) is 1. The van der Waals surface area contributed by atoms with Crippen LogP contribution in [0.2, 0.25) is 0 Å². The highest BCUT2D eigenvalue weighted by atomic mass is 16.5. The lowest BCUT2D eigenvalue weighted by atomic mass is 10.0. The van der Waals surface area contributed by atoms with Gasteiger partial charge in [-0.3, -0.25) is 4.79 Å². The molecule has 0 spiro atoms. The van der Waals surface area contributed by atoms with Gasteiger partial charge < -0.3 is 20.1 Å². The van der Waals surface area contributed by atoms with E-state index < -0.39 is 0 Å². The molecule has 0 bridgehead atoms. The molecule has 1 aliphatic heterocycles. The second kappa shape index (κ2) is 8.03. The maximum absolute atomic E-state index is 12.3. The van der Waals surface area contributed by atoms with Crippen LogP contribution in [0.5, 0.6) is 11.5 Å². The number of methoxy groups -OCH3 is 1. The molecule has 2 rings (SSSR count). The maximum atomic E-state index is 12.3. The average Bonchev–Trinajstić information content (AvgIpc) is 2.54. The number of anilines is 1. The molecule has 1 heterocycles. The molecule has 5 heteroatoms. The van der Waals surface area contributed by atoms with Crippen molar-refractivity contribution < 1.29 is 19.6 Å². The fourth-order valence-corrected chi connectivity index (χ4v) is 2.54. The predicted molar refractivity (Wildman–Crippen MR) is 86.4 cm³/mol. The standard InChI is InChI=1S/C17H26N2O3/c1-12(2)11-22-15-8-7-13(10-16(15)21-3)19-17(20)14-6-4-5-9-18-14/h7-8,10,12,14,18H,4-6,9,11H2,1-3H3,(H,19,20)/p+1/t14-/m0/s1. The van der Waals surface area contributed by atoms with Crippen LogP contribution in [0.1, 0.15) is 33.1 Å². The predicted octanol–water partition coefficient (Wildman–Crippen LogP) is 1.78. The van der Waals surface area contributed by atoms with Crippen LogP contribution < -0.4 is 20.1 Å². The largest absolute Gasteiger partial charge is 0.493 e. The minimum atomic E-state index is 0.0246. The lowest BCUT2D eigenvalue weighted by molar-refractivity contribution is -0.684. The van der Waals surface area contributed by atoms with E-state index in [1.54, 1.807) is 7.11 Å². The first-order chi connectivity index (χ1) is 10.6. The second-order valence-corrected chi connectivity index (χ2v) is 6.19. The molecule has 0 aliphatic carbocycles. The Morgan fingerprint density at radius 1 is 1.36 bits per heavy atom. The minimum Gasteiger partial charge on any atom is -0.493 e. The highest BCUT2D eigenvalue weighted by Crippen LogP contribution is 2.30. The van der Waals surface area contributed by atoms with E-state index in [0.29, 0.717) is 24.0 Å². The summed E-state index contributed by atoms with van der Waals surface area (Å²) >= 11 is 0. The van der Waals surface area contributed by atoms with E-state index in [0.717, 1.165) is 25.1 Å². The van der Waals surface area contributed by atoms with Gasteiger partial charge in [-0.05, 0) is 30.9 Å². The summed E-state index contributed by atoms with van der Waals surface area (Å²) in [6.07, 6.45) is 3.26. The molecule has 0 aromatic heterocycles. The van der Waals surface area contributed by atoms with E-state index >= 15 is 0 Å². The molecule has 1 aliphatic rings. The molecule has 1 fully saturated rings. The molecule has 22 heavy (non-hydrogen) atoms. The van der Waals surface area contributed by atoms with Gasteiger partial charge in [-0.15, -0.1) is 0 Å². The van der Waals surface area contributed by atoms with Crippen LogP contribution in [0.3, 0.4) is 0 Å². The van der Waals surface area contributed by atoms with E-state index in [-0.39, 0.29) is 11.9 Å². The molecule has 0 radical (unpaired) electrons. The monoisotopic (exact) mass is 307 g/mol. The zero-order valence-electron chi connectivity index (χ0n) is 13.7. The molecule has 3 N–H and O–H groups in total. The van der Waals surface area contributed by atoms with Crippen molar-refractivity contribution in [2.45, 2.75) is 39.2 Å². The molecular weight excluding hydrogens is 280 g/mol. The summed E-state index contributed by atoms with van der Waals surface area (Å²) in [4.78, 5) is 12.3. The molecule has 1 aromatic carbocycles. The topological polar surface area (TPSA) is 64.2 Å². The summed E-state index contributed by atoms with van der Waals surface area (Å²) in [5, 5.41) is 5.09. The summed E-state index contributed by atoms with van der Waals surface area (Å²) in [7, 11) is 1.61. The molecule has 122 valence electrons. The molecule has 0 unspecified atom stereocenters. The summed E-state index contributed by atoms with van der Waals surface area (Å²) in [6, 6.07) is 5.55. The van der Waals surface area contributed by atoms with Crippen LogP contribution >= 0.6 is 0 Å². The number of amides is 1. The lowest BCUT2D eigenvalue weighted by Crippen LogP contribution is -2.93. The van der Waals surface area contributed by atoms with E-state index in [9.17, 15) is 4.79 Å². The van der Waals surface area contributed by atoms with Crippen molar-refractivity contribution in [1.29, 1.82) is 0 Å². The van der Waals surface area contributed by atoms with E-state index in [1.165, 1.54) is 6.42 Å². The van der Waals surface area contributed by atoms with Crippen molar-refractivity contribution >= 4 is 11.6 Å². The Balaban J connectivity index is 2.00. The normalized spacial score (nSPS) is 18.1. The smallest absolute Gasteiger partial charge is 0.282 e. The quantitative estimate of drug-likeness (QED) is 0.842. The summed E-state index contributed by atoms with van der Waals surface area (Å²) in [5.74, 6) is 1.87. The first-order valence-corrected chi connectivity index (χ1v) is 8.05. The highest BCUT2D eigenvalue weighted by molar-refractivity contribution is 5.94. The van der Waals surface area contributed by atoms with E-state index in [1.807, 2.05) is 18.2 Å². The Morgan fingerprint density at radius 2 is 2.18 bits per heavy atom. The number of rotatable bonds is 6. The third-order valence-electron chi connectivity index (χ3n) is 3.76. The van der Waals surface area contributed by atoms with Gasteiger partial charge in [0.1, 0.15) is 0 Å². The first-order valence-electron chi connectivity index (χ1n) is 8.05. The fraction of sp³-hybridized carbons (Fsp3) is 0.588. The van der Waals surface area contributed by atoms with Crippen LogP contribution in [0, 0.1) is 5.92 Å². The SMILES string of the molecule is COc1cc(NC(=O)[C@@H]2CCCC[NH2+]2)ccc1OCC(C)C. The van der Waals surface area contributed by atoms with Crippen LogP contribution in [0.4, 0.5) is 5.69 Å². The van der Waals surface area contributed by atoms with Gasteiger partial charge in [0.25, 0.3) is 5.91 Å². The van der Waals surface area contributed by atoms with Gasteiger partial charge in [0.15, 0.2) is 17.5 Å². The summed E-state index contributed by atoms with van der Waals surface area (Å²) in [5.41, 5.74) is 0.748.